The number of hydrogen-bond donors (Lipinski definition) is 2. The van der Waals surface area contributed by atoms with Crippen LogP contribution in [0.2, 0.25) is 0 Å². The maximum Gasteiger partial charge on any atom is 0.326 e. The summed E-state index contributed by atoms with van der Waals surface area (Å²) in [5.74, 6) is -1.54. The molecule has 2 atom stereocenters. The predicted molar refractivity (Wildman–Crippen MR) is 67.3 cm³/mol. The van der Waals surface area contributed by atoms with Crippen LogP contribution in [0.15, 0.2) is 18.5 Å². The van der Waals surface area contributed by atoms with Gasteiger partial charge in [-0.25, -0.2) is 4.79 Å². The van der Waals surface area contributed by atoms with Gasteiger partial charge in [-0.05, 0) is 24.5 Å². The monoisotopic (exact) mass is 250 g/mol. The number of carbonyl (C=O) groups is 2. The quantitative estimate of drug-likeness (QED) is 0.832. The second-order valence-electron chi connectivity index (χ2n) is 4.43. The highest BCUT2D eigenvalue weighted by Gasteiger charge is 2.25. The summed E-state index contributed by atoms with van der Waals surface area (Å²) in [6.45, 7) is 5.52. The molecule has 0 bridgehead atoms. The molecule has 1 amide bonds. The van der Waals surface area contributed by atoms with E-state index in [-0.39, 0.29) is 5.92 Å². The Hall–Kier alpha value is -1.91. The van der Waals surface area contributed by atoms with Gasteiger partial charge in [0.25, 0.3) is 5.91 Å². The van der Waals surface area contributed by atoms with Crippen LogP contribution in [-0.2, 0) is 4.79 Å². The summed E-state index contributed by atoms with van der Waals surface area (Å²) in [6.07, 6.45) is 3.75. The van der Waals surface area contributed by atoms with Crippen LogP contribution in [0, 0.1) is 12.8 Å². The van der Waals surface area contributed by atoms with E-state index in [2.05, 4.69) is 10.3 Å². The third-order valence-corrected chi connectivity index (χ3v) is 2.90. The van der Waals surface area contributed by atoms with Gasteiger partial charge in [-0.1, -0.05) is 20.3 Å². The Kier molecular flexibility index (Phi) is 4.83. The molecule has 1 aromatic heterocycles. The van der Waals surface area contributed by atoms with Gasteiger partial charge >= 0.3 is 5.97 Å². The molecule has 2 N–H and O–H groups in total. The molecular weight excluding hydrogens is 232 g/mol. The molecule has 5 heteroatoms. The fraction of sp³-hybridized carbons (Fsp3) is 0.462. The van der Waals surface area contributed by atoms with E-state index in [1.165, 1.54) is 6.20 Å². The maximum absolute atomic E-state index is 11.9. The van der Waals surface area contributed by atoms with Crippen molar-refractivity contribution in [3.8, 4) is 0 Å². The van der Waals surface area contributed by atoms with Crippen LogP contribution in [0.4, 0.5) is 0 Å². The molecule has 1 aromatic rings. The molecule has 0 saturated carbocycles. The normalized spacial score (nSPS) is 13.7. The van der Waals surface area contributed by atoms with Gasteiger partial charge in [-0.2, -0.15) is 0 Å². The number of pyridine rings is 1. The molecule has 0 aliphatic carbocycles. The number of aromatic nitrogens is 1. The number of carboxylic acid groups (broad SMARTS) is 1. The molecule has 1 rings (SSSR count). The first-order valence-electron chi connectivity index (χ1n) is 5.91. The number of aliphatic carboxylic acids is 1. The van der Waals surface area contributed by atoms with Crippen molar-refractivity contribution in [2.24, 2.45) is 5.92 Å². The Bertz CT molecular complexity index is 446. The van der Waals surface area contributed by atoms with E-state index in [1.54, 1.807) is 19.2 Å². The highest BCUT2D eigenvalue weighted by Crippen LogP contribution is 2.09. The maximum atomic E-state index is 11.9. The van der Waals surface area contributed by atoms with E-state index in [1.807, 2.05) is 13.8 Å². The van der Waals surface area contributed by atoms with Gasteiger partial charge in [0.1, 0.15) is 6.04 Å². The lowest BCUT2D eigenvalue weighted by atomic mass is 9.99. The minimum absolute atomic E-state index is 0.121. The van der Waals surface area contributed by atoms with Crippen molar-refractivity contribution in [1.82, 2.24) is 10.3 Å². The van der Waals surface area contributed by atoms with Crippen LogP contribution in [0.25, 0.3) is 0 Å². The molecule has 0 aliphatic heterocycles. The number of nitrogens with one attached hydrogen (secondary N) is 1. The summed E-state index contributed by atoms with van der Waals surface area (Å²) < 4.78 is 0. The number of carboxylic acids is 1. The number of rotatable bonds is 5. The fourth-order valence-corrected chi connectivity index (χ4v) is 1.59. The van der Waals surface area contributed by atoms with Gasteiger partial charge in [-0.15, -0.1) is 0 Å². The van der Waals surface area contributed by atoms with E-state index in [0.717, 1.165) is 5.56 Å². The van der Waals surface area contributed by atoms with E-state index >= 15 is 0 Å². The zero-order valence-corrected chi connectivity index (χ0v) is 10.8. The van der Waals surface area contributed by atoms with Crippen LogP contribution in [0.1, 0.15) is 36.2 Å². The molecule has 0 aliphatic rings. The van der Waals surface area contributed by atoms with Crippen molar-refractivity contribution in [1.29, 1.82) is 0 Å². The molecule has 0 unspecified atom stereocenters. The van der Waals surface area contributed by atoms with E-state index in [0.29, 0.717) is 12.0 Å². The first-order valence-corrected chi connectivity index (χ1v) is 5.91. The largest absolute Gasteiger partial charge is 0.480 e. The zero-order chi connectivity index (χ0) is 13.7. The average molecular weight is 250 g/mol. The van der Waals surface area contributed by atoms with Gasteiger partial charge in [-0.3, -0.25) is 9.78 Å². The summed E-state index contributed by atoms with van der Waals surface area (Å²) in [7, 11) is 0. The predicted octanol–water partition coefficient (Wildman–Crippen LogP) is 1.62. The molecule has 18 heavy (non-hydrogen) atoms. The number of carbonyl (C=O) groups excluding carboxylic acids is 1. The third kappa shape index (κ3) is 3.55. The first-order chi connectivity index (χ1) is 8.45. The standard InChI is InChI=1S/C13H18N2O3/c1-4-9(3)11(13(17)18)15-12(16)10-5-8(2)6-14-7-10/h5-7,9,11H,4H2,1-3H3,(H,15,16)(H,17,18)/t9-,11-/m0/s1. The molecule has 5 nitrogen and oxygen atoms in total. The lowest BCUT2D eigenvalue weighted by Crippen LogP contribution is -2.45. The van der Waals surface area contributed by atoms with Crippen molar-refractivity contribution in [3.05, 3.63) is 29.6 Å². The molecule has 0 saturated heterocycles. The Morgan fingerprint density at radius 2 is 2.11 bits per heavy atom. The van der Waals surface area contributed by atoms with Crippen LogP contribution < -0.4 is 5.32 Å². The lowest BCUT2D eigenvalue weighted by molar-refractivity contribution is -0.140. The van der Waals surface area contributed by atoms with E-state index in [9.17, 15) is 9.59 Å². The fourth-order valence-electron chi connectivity index (χ4n) is 1.59. The van der Waals surface area contributed by atoms with Crippen LogP contribution in [-0.4, -0.2) is 28.0 Å². The highest BCUT2D eigenvalue weighted by molar-refractivity contribution is 5.96. The van der Waals surface area contributed by atoms with Crippen molar-refractivity contribution in [3.63, 3.8) is 0 Å². The molecular formula is C13H18N2O3. The summed E-state index contributed by atoms with van der Waals surface area (Å²) in [5.41, 5.74) is 1.24. The van der Waals surface area contributed by atoms with E-state index < -0.39 is 17.9 Å². The zero-order valence-electron chi connectivity index (χ0n) is 10.8. The molecule has 0 radical (unpaired) electrons. The number of aryl methyl sites for hydroxylation is 1. The summed E-state index contributed by atoms with van der Waals surface area (Å²) in [6, 6.07) is 0.806. The van der Waals surface area contributed by atoms with Crippen LogP contribution in [0.3, 0.4) is 0 Å². The van der Waals surface area contributed by atoms with Gasteiger partial charge in [0.15, 0.2) is 0 Å². The Balaban J connectivity index is 2.82. The van der Waals surface area contributed by atoms with Crippen LogP contribution >= 0.6 is 0 Å². The Morgan fingerprint density at radius 3 is 2.61 bits per heavy atom. The van der Waals surface area contributed by atoms with Gasteiger partial charge in [0.2, 0.25) is 0 Å². The van der Waals surface area contributed by atoms with Crippen molar-refractivity contribution >= 4 is 11.9 Å². The number of amides is 1. The summed E-state index contributed by atoms with van der Waals surface area (Å²) in [4.78, 5) is 26.9. The van der Waals surface area contributed by atoms with Crippen molar-refractivity contribution in [2.75, 3.05) is 0 Å². The molecule has 1 heterocycles. The van der Waals surface area contributed by atoms with Gasteiger partial charge < -0.3 is 10.4 Å². The summed E-state index contributed by atoms with van der Waals surface area (Å²) in [5, 5.41) is 11.6. The molecule has 98 valence electrons. The van der Waals surface area contributed by atoms with Gasteiger partial charge in [0.05, 0.1) is 5.56 Å². The summed E-state index contributed by atoms with van der Waals surface area (Å²) >= 11 is 0. The van der Waals surface area contributed by atoms with Crippen molar-refractivity contribution < 1.29 is 14.7 Å². The molecule has 0 fully saturated rings. The lowest BCUT2D eigenvalue weighted by Gasteiger charge is -2.20. The second kappa shape index (κ2) is 6.14. The van der Waals surface area contributed by atoms with Crippen molar-refractivity contribution in [2.45, 2.75) is 33.2 Å². The highest BCUT2D eigenvalue weighted by atomic mass is 16.4. The smallest absolute Gasteiger partial charge is 0.326 e. The Morgan fingerprint density at radius 1 is 1.44 bits per heavy atom. The third-order valence-electron chi connectivity index (χ3n) is 2.90. The first kappa shape index (κ1) is 14.2. The number of nitrogens with zero attached hydrogens (tertiary/aromatic N) is 1. The van der Waals surface area contributed by atoms with Gasteiger partial charge in [0, 0.05) is 12.4 Å². The second-order valence-corrected chi connectivity index (χ2v) is 4.43. The minimum Gasteiger partial charge on any atom is -0.480 e. The Labute approximate surface area is 106 Å². The number of hydrogen-bond acceptors (Lipinski definition) is 3. The minimum atomic E-state index is -1.02. The van der Waals surface area contributed by atoms with E-state index in [4.69, 9.17) is 5.11 Å². The average Bonchev–Trinajstić information content (AvgIpc) is 2.34. The van der Waals surface area contributed by atoms with Crippen LogP contribution in [0.5, 0.6) is 0 Å². The molecule has 0 spiro atoms. The topological polar surface area (TPSA) is 79.3 Å². The SMILES string of the molecule is CC[C@H](C)[C@H](NC(=O)c1cncc(C)c1)C(=O)O. The molecule has 0 aromatic carbocycles.